The van der Waals surface area contributed by atoms with E-state index in [4.69, 9.17) is 4.74 Å². The van der Waals surface area contributed by atoms with Crippen molar-refractivity contribution in [3.8, 4) is 17.2 Å². The number of hydrogen-bond acceptors (Lipinski definition) is 7. The molecule has 3 rings (SSSR count). The molecule has 3 unspecified atom stereocenters. The number of carbonyl (C=O) groups is 1. The van der Waals surface area contributed by atoms with E-state index in [1.165, 1.54) is 12.1 Å². The Morgan fingerprint density at radius 2 is 1.62 bits per heavy atom. The maximum Gasteiger partial charge on any atom is 0.157 e. The van der Waals surface area contributed by atoms with Crippen LogP contribution in [-0.4, -0.2) is 55.7 Å². The fourth-order valence-electron chi connectivity index (χ4n) is 4.06. The van der Waals surface area contributed by atoms with E-state index in [0.717, 1.165) is 11.1 Å². The van der Waals surface area contributed by atoms with Crippen LogP contribution in [0.15, 0.2) is 42.5 Å². The Balaban J connectivity index is 1.58. The smallest absolute Gasteiger partial charge is 0.157 e. The molecule has 1 aliphatic carbocycles. The van der Waals surface area contributed by atoms with Crippen LogP contribution in [0.3, 0.4) is 0 Å². The Morgan fingerprint density at radius 3 is 2.31 bits per heavy atom. The van der Waals surface area contributed by atoms with E-state index in [0.29, 0.717) is 44.9 Å². The first-order valence-corrected chi connectivity index (χ1v) is 11.1. The Morgan fingerprint density at radius 1 is 0.906 bits per heavy atom. The van der Waals surface area contributed by atoms with Gasteiger partial charge in [0.2, 0.25) is 0 Å². The minimum Gasteiger partial charge on any atom is -0.508 e. The van der Waals surface area contributed by atoms with Gasteiger partial charge in [-0.05, 0) is 67.5 Å². The molecule has 7 heteroatoms. The molecule has 1 aliphatic rings. The summed E-state index contributed by atoms with van der Waals surface area (Å²) in [5.41, 5.74) is 1.79. The van der Waals surface area contributed by atoms with Gasteiger partial charge in [0.1, 0.15) is 11.5 Å². The van der Waals surface area contributed by atoms with Gasteiger partial charge >= 0.3 is 0 Å². The van der Waals surface area contributed by atoms with E-state index in [9.17, 15) is 30.3 Å². The normalized spacial score (nSPS) is 21.9. The lowest BCUT2D eigenvalue weighted by Gasteiger charge is -2.32. The van der Waals surface area contributed by atoms with Crippen LogP contribution in [0.4, 0.5) is 0 Å². The van der Waals surface area contributed by atoms with Crippen LogP contribution < -0.4 is 0 Å². The third kappa shape index (κ3) is 7.22. The molecule has 5 N–H and O–H groups in total. The predicted octanol–water partition coefficient (Wildman–Crippen LogP) is 2.99. The number of carbonyl (C=O) groups excluding carboxylic acids is 1. The van der Waals surface area contributed by atoms with Gasteiger partial charge in [-0.15, -0.1) is 0 Å². The van der Waals surface area contributed by atoms with Crippen LogP contribution in [0.2, 0.25) is 0 Å². The first kappa shape index (κ1) is 24.0. The maximum absolute atomic E-state index is 12.7. The van der Waals surface area contributed by atoms with E-state index in [1.807, 2.05) is 0 Å². The molecule has 0 heterocycles. The predicted molar refractivity (Wildman–Crippen MR) is 119 cm³/mol. The molecule has 0 radical (unpaired) electrons. The highest BCUT2D eigenvalue weighted by atomic mass is 16.5. The van der Waals surface area contributed by atoms with E-state index in [-0.39, 0.29) is 41.7 Å². The molecule has 32 heavy (non-hydrogen) atoms. The molecule has 0 amide bonds. The molecule has 174 valence electrons. The van der Waals surface area contributed by atoms with Gasteiger partial charge in [-0.3, -0.25) is 4.79 Å². The monoisotopic (exact) mass is 444 g/mol. The van der Waals surface area contributed by atoms with E-state index >= 15 is 0 Å². The molecule has 0 aliphatic heterocycles. The van der Waals surface area contributed by atoms with Crippen molar-refractivity contribution in [2.45, 2.75) is 75.8 Å². The number of hydrogen-bond donors (Lipinski definition) is 5. The average Bonchev–Trinajstić information content (AvgIpc) is 2.76. The summed E-state index contributed by atoms with van der Waals surface area (Å²) >= 11 is 0. The number of aromatic hydroxyl groups is 3. The van der Waals surface area contributed by atoms with Gasteiger partial charge in [0.15, 0.2) is 11.5 Å². The van der Waals surface area contributed by atoms with Crippen molar-refractivity contribution in [1.82, 2.24) is 0 Å². The molecule has 0 bridgehead atoms. The van der Waals surface area contributed by atoms with Crippen molar-refractivity contribution in [2.75, 3.05) is 0 Å². The molecule has 7 nitrogen and oxygen atoms in total. The summed E-state index contributed by atoms with van der Waals surface area (Å²) < 4.78 is 6.19. The Bertz CT molecular complexity index is 880. The van der Waals surface area contributed by atoms with E-state index in [2.05, 4.69) is 0 Å². The quantitative estimate of drug-likeness (QED) is 0.357. The molecule has 0 saturated heterocycles. The highest BCUT2D eigenvalue weighted by Crippen LogP contribution is 2.28. The molecule has 2 aromatic carbocycles. The van der Waals surface area contributed by atoms with Gasteiger partial charge in [0.05, 0.1) is 24.4 Å². The second kappa shape index (κ2) is 11.3. The summed E-state index contributed by atoms with van der Waals surface area (Å²) in [5.74, 6) is -0.114. The van der Waals surface area contributed by atoms with Crippen LogP contribution in [-0.2, 0) is 22.4 Å². The largest absolute Gasteiger partial charge is 0.508 e. The van der Waals surface area contributed by atoms with Crippen molar-refractivity contribution in [1.29, 1.82) is 0 Å². The van der Waals surface area contributed by atoms with Gasteiger partial charge < -0.3 is 30.3 Å². The van der Waals surface area contributed by atoms with Gasteiger partial charge in [0.25, 0.3) is 0 Å². The summed E-state index contributed by atoms with van der Waals surface area (Å²) in [6.45, 7) is 0. The number of benzene rings is 2. The van der Waals surface area contributed by atoms with Crippen LogP contribution in [0.5, 0.6) is 17.2 Å². The Kier molecular flexibility index (Phi) is 8.50. The van der Waals surface area contributed by atoms with Crippen molar-refractivity contribution in [2.24, 2.45) is 0 Å². The third-order valence-corrected chi connectivity index (χ3v) is 6.00. The zero-order valence-electron chi connectivity index (χ0n) is 18.1. The lowest BCUT2D eigenvalue weighted by molar-refractivity contribution is -0.127. The number of phenols is 3. The van der Waals surface area contributed by atoms with Crippen molar-refractivity contribution >= 4 is 5.78 Å². The molecule has 0 aromatic heterocycles. The molecule has 1 fully saturated rings. The van der Waals surface area contributed by atoms with Crippen molar-refractivity contribution in [3.05, 3.63) is 53.6 Å². The second-order valence-corrected chi connectivity index (χ2v) is 8.60. The summed E-state index contributed by atoms with van der Waals surface area (Å²) in [6.07, 6.45) is 1.54. The molecule has 1 saturated carbocycles. The molecular formula is C25H32O7. The molecule has 2 aromatic rings. The fraction of sp³-hybridized carbons (Fsp3) is 0.480. The van der Waals surface area contributed by atoms with Gasteiger partial charge in [-0.25, -0.2) is 0 Å². The maximum atomic E-state index is 12.7. The van der Waals surface area contributed by atoms with E-state index < -0.39 is 12.2 Å². The van der Waals surface area contributed by atoms with Crippen LogP contribution in [0.25, 0.3) is 0 Å². The third-order valence-electron chi connectivity index (χ3n) is 6.00. The van der Waals surface area contributed by atoms with Gasteiger partial charge in [-0.2, -0.15) is 0 Å². The van der Waals surface area contributed by atoms with Crippen LogP contribution in [0.1, 0.15) is 49.7 Å². The second-order valence-electron chi connectivity index (χ2n) is 8.60. The highest BCUT2D eigenvalue weighted by molar-refractivity contribution is 5.79. The van der Waals surface area contributed by atoms with Gasteiger partial charge in [0, 0.05) is 19.3 Å². The zero-order valence-corrected chi connectivity index (χ0v) is 18.1. The summed E-state index contributed by atoms with van der Waals surface area (Å²) in [5, 5.41) is 48.3. The molecule has 0 spiro atoms. The molecular weight excluding hydrogens is 412 g/mol. The van der Waals surface area contributed by atoms with Crippen molar-refractivity contribution < 1.29 is 35.1 Å². The first-order valence-electron chi connectivity index (χ1n) is 11.1. The average molecular weight is 445 g/mol. The highest BCUT2D eigenvalue weighted by Gasteiger charge is 2.30. The number of phenolic OH excluding ortho intramolecular Hbond substituents is 3. The topological polar surface area (TPSA) is 127 Å². The van der Waals surface area contributed by atoms with E-state index in [1.54, 1.807) is 30.3 Å². The lowest BCUT2D eigenvalue weighted by Crippen LogP contribution is -2.39. The number of aliphatic hydroxyl groups excluding tert-OH is 2. The summed E-state index contributed by atoms with van der Waals surface area (Å²) in [4.78, 5) is 12.7. The van der Waals surface area contributed by atoms with Gasteiger partial charge in [-0.1, -0.05) is 18.2 Å². The minimum absolute atomic E-state index is 0.0630. The number of ketones is 1. The van der Waals surface area contributed by atoms with Crippen molar-refractivity contribution in [3.63, 3.8) is 0 Å². The lowest BCUT2D eigenvalue weighted by atomic mass is 9.92. The van der Waals surface area contributed by atoms with Crippen LogP contribution in [0, 0.1) is 0 Å². The van der Waals surface area contributed by atoms with Crippen LogP contribution >= 0.6 is 0 Å². The first-order chi connectivity index (χ1) is 15.3. The number of aryl methyl sites for hydroxylation is 2. The summed E-state index contributed by atoms with van der Waals surface area (Å²) in [7, 11) is 0. The number of ether oxygens (including phenoxy) is 1. The minimum atomic E-state index is -0.825. The number of aliphatic hydroxyl groups is 2. The Hall–Kier alpha value is -2.61. The SMILES string of the molecule is O=C(CCc1ccc(O)cc1)CC(CCc1ccc(O)c(O)c1)OC1CC[C@@H](O)C(O)C1. The Labute approximate surface area is 187 Å². The zero-order chi connectivity index (χ0) is 23.1. The fourth-order valence-corrected chi connectivity index (χ4v) is 4.06. The summed E-state index contributed by atoms with van der Waals surface area (Å²) in [6, 6.07) is 11.4. The number of rotatable bonds is 10. The number of Topliss-reactive ketones (excluding diaryl/α,β-unsaturated/α-hetero) is 1. The standard InChI is InChI=1S/C25H32O7/c26-18-6-1-16(2-7-18)3-8-19(27)14-20(32-21-10-12-23(29)25(31)15-21)9-4-17-5-11-22(28)24(30)13-17/h1-2,5-7,11,13,20-21,23,25-26,28-31H,3-4,8-10,12,14-15H2/t20?,21?,23-,25?/m1/s1. The molecule has 4 atom stereocenters.